The summed E-state index contributed by atoms with van der Waals surface area (Å²) in [6.07, 6.45) is 0. The number of benzene rings is 2. The normalized spacial score (nSPS) is 12.3. The van der Waals surface area contributed by atoms with E-state index in [2.05, 4.69) is 15.3 Å². The highest BCUT2D eigenvalue weighted by atomic mass is 16.5. The molecule has 0 bridgehead atoms. The molecule has 1 atom stereocenters. The number of methoxy groups -OCH3 is 1. The molecule has 3 N–H and O–H groups in total. The monoisotopic (exact) mass is 283 g/mol. The van der Waals surface area contributed by atoms with Gasteiger partial charge in [0.15, 0.2) is 0 Å². The Hall–Kier alpha value is -2.53. The lowest BCUT2D eigenvalue weighted by atomic mass is 10.1. The van der Waals surface area contributed by atoms with Gasteiger partial charge in [0.2, 0.25) is 5.95 Å². The van der Waals surface area contributed by atoms with E-state index in [1.807, 2.05) is 48.5 Å². The molecule has 5 nitrogen and oxygen atoms in total. The number of H-pyrrole nitrogens is 1. The Morgan fingerprint density at radius 3 is 2.86 bits per heavy atom. The van der Waals surface area contributed by atoms with E-state index in [4.69, 9.17) is 4.74 Å². The second-order valence-corrected chi connectivity index (χ2v) is 4.76. The summed E-state index contributed by atoms with van der Waals surface area (Å²) in [6.45, 7) is -0.0375. The quantitative estimate of drug-likeness (QED) is 0.673. The third kappa shape index (κ3) is 2.83. The van der Waals surface area contributed by atoms with Gasteiger partial charge in [-0.1, -0.05) is 24.3 Å². The predicted molar refractivity (Wildman–Crippen MR) is 82.5 cm³/mol. The van der Waals surface area contributed by atoms with E-state index in [9.17, 15) is 5.11 Å². The van der Waals surface area contributed by atoms with Crippen LogP contribution in [0.25, 0.3) is 11.0 Å². The van der Waals surface area contributed by atoms with Gasteiger partial charge < -0.3 is 20.1 Å². The number of aliphatic hydroxyl groups excluding tert-OH is 1. The number of hydrogen-bond donors (Lipinski definition) is 3. The highest BCUT2D eigenvalue weighted by Gasteiger charge is 2.13. The summed E-state index contributed by atoms with van der Waals surface area (Å²) in [5.74, 6) is 1.40. The second-order valence-electron chi connectivity index (χ2n) is 4.76. The molecule has 0 saturated heterocycles. The molecule has 1 aromatic heterocycles. The van der Waals surface area contributed by atoms with Crippen LogP contribution in [0.4, 0.5) is 5.95 Å². The number of aromatic nitrogens is 2. The average molecular weight is 283 g/mol. The van der Waals surface area contributed by atoms with Crippen LogP contribution in [-0.4, -0.2) is 28.8 Å². The molecule has 3 aromatic rings. The number of hydrogen-bond acceptors (Lipinski definition) is 4. The highest BCUT2D eigenvalue weighted by molar-refractivity contribution is 5.77. The molecule has 0 aliphatic carbocycles. The number of fused-ring (bicyclic) bond motifs is 1. The molecule has 0 aliphatic rings. The molecule has 2 aromatic carbocycles. The Bertz CT molecular complexity index is 706. The Kier molecular flexibility index (Phi) is 3.75. The minimum atomic E-state index is -0.249. The molecule has 5 heteroatoms. The summed E-state index contributed by atoms with van der Waals surface area (Å²) in [4.78, 5) is 7.65. The summed E-state index contributed by atoms with van der Waals surface area (Å²) >= 11 is 0. The van der Waals surface area contributed by atoms with Crippen LogP contribution in [0.15, 0.2) is 48.5 Å². The third-order valence-electron chi connectivity index (χ3n) is 3.38. The fourth-order valence-corrected chi connectivity index (χ4v) is 2.28. The van der Waals surface area contributed by atoms with Crippen molar-refractivity contribution < 1.29 is 9.84 Å². The summed E-state index contributed by atoms with van der Waals surface area (Å²) in [6, 6.07) is 15.2. The molecular formula is C16H17N3O2. The molecule has 1 heterocycles. The largest absolute Gasteiger partial charge is 0.497 e. The summed E-state index contributed by atoms with van der Waals surface area (Å²) < 4.78 is 5.21. The number of nitrogens with one attached hydrogen (secondary N) is 2. The van der Waals surface area contributed by atoms with Gasteiger partial charge in [-0.15, -0.1) is 0 Å². The Morgan fingerprint density at radius 1 is 1.24 bits per heavy atom. The lowest BCUT2D eigenvalue weighted by molar-refractivity contribution is 0.275. The molecular weight excluding hydrogens is 266 g/mol. The Morgan fingerprint density at radius 2 is 2.10 bits per heavy atom. The number of aromatic amines is 1. The van der Waals surface area contributed by atoms with Gasteiger partial charge in [0.1, 0.15) is 5.75 Å². The minimum absolute atomic E-state index is 0.0375. The van der Waals surface area contributed by atoms with Gasteiger partial charge in [-0.05, 0) is 29.8 Å². The first kappa shape index (κ1) is 13.5. The molecule has 0 saturated carbocycles. The predicted octanol–water partition coefficient (Wildman–Crippen LogP) is 2.72. The molecule has 21 heavy (non-hydrogen) atoms. The zero-order chi connectivity index (χ0) is 14.7. The zero-order valence-corrected chi connectivity index (χ0v) is 11.7. The zero-order valence-electron chi connectivity index (χ0n) is 11.7. The van der Waals surface area contributed by atoms with Crippen molar-refractivity contribution >= 4 is 17.0 Å². The van der Waals surface area contributed by atoms with Crippen molar-refractivity contribution in [3.63, 3.8) is 0 Å². The van der Waals surface area contributed by atoms with Crippen LogP contribution >= 0.6 is 0 Å². The highest BCUT2D eigenvalue weighted by Crippen LogP contribution is 2.23. The van der Waals surface area contributed by atoms with E-state index in [0.717, 1.165) is 22.3 Å². The molecule has 0 fully saturated rings. The van der Waals surface area contributed by atoms with Crippen LogP contribution in [0.5, 0.6) is 5.75 Å². The molecule has 0 spiro atoms. The topological polar surface area (TPSA) is 70.2 Å². The molecule has 0 aliphatic heterocycles. The van der Waals surface area contributed by atoms with Gasteiger partial charge >= 0.3 is 0 Å². The van der Waals surface area contributed by atoms with Gasteiger partial charge in [-0.25, -0.2) is 4.98 Å². The number of anilines is 1. The first-order chi connectivity index (χ1) is 10.3. The van der Waals surface area contributed by atoms with Crippen LogP contribution < -0.4 is 10.1 Å². The van der Waals surface area contributed by atoms with Crippen LogP contribution in [0.3, 0.4) is 0 Å². The molecule has 3 rings (SSSR count). The van der Waals surface area contributed by atoms with Crippen LogP contribution in [-0.2, 0) is 0 Å². The number of para-hydroxylation sites is 2. The van der Waals surface area contributed by atoms with Gasteiger partial charge in [-0.2, -0.15) is 0 Å². The summed E-state index contributed by atoms with van der Waals surface area (Å²) in [7, 11) is 1.62. The van der Waals surface area contributed by atoms with E-state index >= 15 is 0 Å². The van der Waals surface area contributed by atoms with Crippen LogP contribution in [0, 0.1) is 0 Å². The number of aliphatic hydroxyl groups is 1. The average Bonchev–Trinajstić information content (AvgIpc) is 2.95. The summed E-state index contributed by atoms with van der Waals surface area (Å²) in [5.41, 5.74) is 2.79. The second kappa shape index (κ2) is 5.85. The van der Waals surface area contributed by atoms with Crippen molar-refractivity contribution in [1.29, 1.82) is 0 Å². The first-order valence-corrected chi connectivity index (χ1v) is 6.76. The smallest absolute Gasteiger partial charge is 0.201 e. The van der Waals surface area contributed by atoms with Gasteiger partial charge in [0.25, 0.3) is 0 Å². The third-order valence-corrected chi connectivity index (χ3v) is 3.38. The maximum Gasteiger partial charge on any atom is 0.201 e. The molecule has 0 radical (unpaired) electrons. The SMILES string of the molecule is COc1cccc(C(CO)Nc2nc3ccccc3[nH]2)c1. The lowest BCUT2D eigenvalue weighted by Crippen LogP contribution is -2.15. The van der Waals surface area contributed by atoms with Gasteiger partial charge in [0.05, 0.1) is 30.8 Å². The van der Waals surface area contributed by atoms with Gasteiger partial charge in [0, 0.05) is 0 Å². The van der Waals surface area contributed by atoms with E-state index < -0.39 is 0 Å². The van der Waals surface area contributed by atoms with Crippen molar-refractivity contribution in [2.24, 2.45) is 0 Å². The van der Waals surface area contributed by atoms with E-state index in [0.29, 0.717) is 5.95 Å². The van der Waals surface area contributed by atoms with Crippen molar-refractivity contribution in [3.05, 3.63) is 54.1 Å². The molecule has 1 unspecified atom stereocenters. The summed E-state index contributed by atoms with van der Waals surface area (Å²) in [5, 5.41) is 12.8. The fraction of sp³-hybridized carbons (Fsp3) is 0.188. The van der Waals surface area contributed by atoms with E-state index in [-0.39, 0.29) is 12.6 Å². The first-order valence-electron chi connectivity index (χ1n) is 6.76. The van der Waals surface area contributed by atoms with Crippen molar-refractivity contribution in [1.82, 2.24) is 9.97 Å². The Balaban J connectivity index is 1.86. The number of rotatable bonds is 5. The maximum absolute atomic E-state index is 9.63. The standard InChI is InChI=1S/C16H17N3O2/c1-21-12-6-4-5-11(9-12)15(10-20)19-16-17-13-7-2-3-8-14(13)18-16/h2-9,15,20H,10H2,1H3,(H2,17,18,19). The van der Waals surface area contributed by atoms with E-state index in [1.54, 1.807) is 7.11 Å². The van der Waals surface area contributed by atoms with Crippen molar-refractivity contribution in [2.45, 2.75) is 6.04 Å². The van der Waals surface area contributed by atoms with Crippen LogP contribution in [0.2, 0.25) is 0 Å². The fourth-order valence-electron chi connectivity index (χ4n) is 2.28. The van der Waals surface area contributed by atoms with Gasteiger partial charge in [-0.3, -0.25) is 0 Å². The van der Waals surface area contributed by atoms with Crippen molar-refractivity contribution in [2.75, 3.05) is 19.0 Å². The lowest BCUT2D eigenvalue weighted by Gasteiger charge is -2.16. The maximum atomic E-state index is 9.63. The number of ether oxygens (including phenoxy) is 1. The molecule has 108 valence electrons. The van der Waals surface area contributed by atoms with Crippen LogP contribution in [0.1, 0.15) is 11.6 Å². The Labute approximate surface area is 122 Å². The molecule has 0 amide bonds. The van der Waals surface area contributed by atoms with E-state index in [1.165, 1.54) is 0 Å². The minimum Gasteiger partial charge on any atom is -0.497 e. The number of imidazole rings is 1. The number of nitrogens with zero attached hydrogens (tertiary/aromatic N) is 1. The van der Waals surface area contributed by atoms with Crippen molar-refractivity contribution in [3.8, 4) is 5.75 Å².